The first-order chi connectivity index (χ1) is 12.8. The van der Waals surface area contributed by atoms with Crippen molar-refractivity contribution in [2.75, 3.05) is 26.3 Å². The van der Waals surface area contributed by atoms with Crippen LogP contribution in [0.3, 0.4) is 0 Å². The molecule has 2 aromatic heterocycles. The Labute approximate surface area is 153 Å². The number of carbonyl (C=O) groups excluding carboxylic acids is 1. The van der Waals surface area contributed by atoms with Crippen molar-refractivity contribution in [2.24, 2.45) is 5.92 Å². The second kappa shape index (κ2) is 7.60. The van der Waals surface area contributed by atoms with E-state index in [1.807, 2.05) is 23.1 Å². The highest BCUT2D eigenvalue weighted by atomic mass is 16.5. The Morgan fingerprint density at radius 1 is 1.38 bits per heavy atom. The number of hydrogen-bond acceptors (Lipinski definition) is 5. The van der Waals surface area contributed by atoms with E-state index in [9.17, 15) is 4.79 Å². The van der Waals surface area contributed by atoms with E-state index in [2.05, 4.69) is 4.98 Å². The fourth-order valence-corrected chi connectivity index (χ4v) is 4.09. The molecule has 2 aromatic rings. The van der Waals surface area contributed by atoms with Crippen molar-refractivity contribution < 1.29 is 18.7 Å². The van der Waals surface area contributed by atoms with Gasteiger partial charge in [-0.2, -0.15) is 0 Å². The average molecular weight is 356 g/mol. The predicted molar refractivity (Wildman–Crippen MR) is 94.5 cm³/mol. The molecule has 1 saturated heterocycles. The Morgan fingerprint density at radius 2 is 2.35 bits per heavy atom. The summed E-state index contributed by atoms with van der Waals surface area (Å²) in [5.74, 6) is 0.313. The number of morpholine rings is 1. The normalized spacial score (nSPS) is 25.7. The molecule has 1 spiro atoms. The quantitative estimate of drug-likeness (QED) is 0.824. The predicted octanol–water partition coefficient (Wildman–Crippen LogP) is 2.90. The molecule has 1 aliphatic carbocycles. The molecule has 1 aliphatic heterocycles. The molecule has 0 bridgehead atoms. The Balaban J connectivity index is 1.38. The number of pyridine rings is 1. The topological polar surface area (TPSA) is 64.8 Å². The lowest BCUT2D eigenvalue weighted by atomic mass is 9.89. The summed E-state index contributed by atoms with van der Waals surface area (Å²) >= 11 is 0. The van der Waals surface area contributed by atoms with Crippen molar-refractivity contribution in [3.05, 3.63) is 54.2 Å². The van der Waals surface area contributed by atoms with Crippen molar-refractivity contribution >= 4 is 5.91 Å². The van der Waals surface area contributed by atoms with Crippen molar-refractivity contribution in [3.8, 4) is 0 Å². The van der Waals surface area contributed by atoms with E-state index in [-0.39, 0.29) is 11.5 Å². The summed E-state index contributed by atoms with van der Waals surface area (Å²) in [6, 6.07) is 7.54. The number of furan rings is 1. The molecule has 6 nitrogen and oxygen atoms in total. The van der Waals surface area contributed by atoms with Gasteiger partial charge >= 0.3 is 0 Å². The molecule has 2 atom stereocenters. The summed E-state index contributed by atoms with van der Waals surface area (Å²) in [6.07, 6.45) is 7.96. The van der Waals surface area contributed by atoms with Gasteiger partial charge in [0.15, 0.2) is 0 Å². The van der Waals surface area contributed by atoms with Crippen LogP contribution in [0.5, 0.6) is 0 Å². The molecule has 0 aromatic carbocycles. The molecule has 0 radical (unpaired) electrons. The minimum Gasteiger partial charge on any atom is -0.472 e. The van der Waals surface area contributed by atoms with Crippen LogP contribution in [0.2, 0.25) is 0 Å². The van der Waals surface area contributed by atoms with Crippen LogP contribution in [0, 0.1) is 5.92 Å². The van der Waals surface area contributed by atoms with Gasteiger partial charge in [-0.25, -0.2) is 0 Å². The van der Waals surface area contributed by atoms with E-state index in [1.54, 1.807) is 12.3 Å². The molecule has 1 saturated carbocycles. The van der Waals surface area contributed by atoms with Crippen LogP contribution in [-0.2, 0) is 16.1 Å². The van der Waals surface area contributed by atoms with Gasteiger partial charge in [0, 0.05) is 18.7 Å². The van der Waals surface area contributed by atoms with Gasteiger partial charge in [-0.05, 0) is 31.0 Å². The van der Waals surface area contributed by atoms with Crippen LogP contribution in [0.1, 0.15) is 35.3 Å². The SMILES string of the molecule is O=C(c1ccoc1)N1CCO[C@]2(CCC[C@@H]2COCc2ccccn2)C1. The lowest BCUT2D eigenvalue weighted by Gasteiger charge is -2.44. The summed E-state index contributed by atoms with van der Waals surface area (Å²) in [6.45, 7) is 2.94. The number of aromatic nitrogens is 1. The summed E-state index contributed by atoms with van der Waals surface area (Å²) < 4.78 is 17.2. The number of nitrogens with zero attached hydrogens (tertiary/aromatic N) is 2. The zero-order valence-electron chi connectivity index (χ0n) is 14.8. The molecule has 0 N–H and O–H groups in total. The van der Waals surface area contributed by atoms with Crippen molar-refractivity contribution in [1.29, 1.82) is 0 Å². The van der Waals surface area contributed by atoms with Crippen molar-refractivity contribution in [2.45, 2.75) is 31.5 Å². The summed E-state index contributed by atoms with van der Waals surface area (Å²) in [7, 11) is 0. The minimum absolute atomic E-state index is 0.0153. The van der Waals surface area contributed by atoms with Gasteiger partial charge < -0.3 is 18.8 Å². The molecule has 4 rings (SSSR count). The highest BCUT2D eigenvalue weighted by Gasteiger charge is 2.48. The number of ether oxygens (including phenoxy) is 2. The Bertz CT molecular complexity index is 719. The maximum absolute atomic E-state index is 12.7. The van der Waals surface area contributed by atoms with E-state index in [4.69, 9.17) is 13.9 Å². The standard InChI is InChI=1S/C20H24N2O4/c23-19(16-6-10-24-12-16)22-9-11-26-20(15-22)7-3-4-17(20)13-25-14-18-5-1-2-8-21-18/h1-2,5-6,8,10,12,17H,3-4,7,9,11,13-15H2/t17-,20-/m1/s1. The van der Waals surface area contributed by atoms with Crippen LogP contribution < -0.4 is 0 Å². The van der Waals surface area contributed by atoms with E-state index >= 15 is 0 Å². The first-order valence-electron chi connectivity index (χ1n) is 9.20. The highest BCUT2D eigenvalue weighted by molar-refractivity contribution is 5.93. The smallest absolute Gasteiger partial charge is 0.257 e. The molecule has 3 heterocycles. The second-order valence-corrected chi connectivity index (χ2v) is 7.08. The highest BCUT2D eigenvalue weighted by Crippen LogP contribution is 2.41. The van der Waals surface area contributed by atoms with Crippen LogP contribution >= 0.6 is 0 Å². The molecule has 26 heavy (non-hydrogen) atoms. The zero-order valence-corrected chi connectivity index (χ0v) is 14.8. The molecular formula is C20H24N2O4. The van der Waals surface area contributed by atoms with Gasteiger partial charge in [0.25, 0.3) is 5.91 Å². The average Bonchev–Trinajstić information content (AvgIpc) is 3.33. The second-order valence-electron chi connectivity index (χ2n) is 7.08. The van der Waals surface area contributed by atoms with E-state index in [0.29, 0.717) is 44.4 Å². The summed E-state index contributed by atoms with van der Waals surface area (Å²) in [5.41, 5.74) is 1.24. The van der Waals surface area contributed by atoms with Gasteiger partial charge in [0.2, 0.25) is 0 Å². The molecule has 2 fully saturated rings. The number of rotatable bonds is 5. The third kappa shape index (κ3) is 3.52. The molecule has 6 heteroatoms. The Hall–Kier alpha value is -2.18. The lowest BCUT2D eigenvalue weighted by molar-refractivity contribution is -0.134. The molecule has 138 valence electrons. The fourth-order valence-electron chi connectivity index (χ4n) is 4.09. The third-order valence-corrected chi connectivity index (χ3v) is 5.46. The van der Waals surface area contributed by atoms with E-state index < -0.39 is 0 Å². The molecular weight excluding hydrogens is 332 g/mol. The van der Waals surface area contributed by atoms with E-state index in [1.165, 1.54) is 12.5 Å². The van der Waals surface area contributed by atoms with Crippen LogP contribution in [0.4, 0.5) is 0 Å². The Morgan fingerprint density at radius 3 is 3.15 bits per heavy atom. The number of carbonyl (C=O) groups is 1. The van der Waals surface area contributed by atoms with Crippen molar-refractivity contribution in [1.82, 2.24) is 9.88 Å². The molecule has 0 unspecified atom stereocenters. The maximum Gasteiger partial charge on any atom is 0.257 e. The van der Waals surface area contributed by atoms with Gasteiger partial charge in [-0.1, -0.05) is 12.5 Å². The fraction of sp³-hybridized carbons (Fsp3) is 0.500. The first-order valence-corrected chi connectivity index (χ1v) is 9.20. The Kier molecular flexibility index (Phi) is 5.04. The third-order valence-electron chi connectivity index (χ3n) is 5.46. The van der Waals surface area contributed by atoms with Gasteiger partial charge in [0.05, 0.1) is 49.5 Å². The van der Waals surface area contributed by atoms with Crippen LogP contribution in [-0.4, -0.2) is 47.7 Å². The lowest BCUT2D eigenvalue weighted by Crippen LogP contribution is -2.56. The van der Waals surface area contributed by atoms with Crippen LogP contribution in [0.25, 0.3) is 0 Å². The minimum atomic E-state index is -0.290. The molecule has 2 aliphatic rings. The van der Waals surface area contributed by atoms with Gasteiger partial charge in [0.1, 0.15) is 6.26 Å². The maximum atomic E-state index is 12.7. The number of amides is 1. The van der Waals surface area contributed by atoms with Gasteiger partial charge in [-0.15, -0.1) is 0 Å². The zero-order chi connectivity index (χ0) is 17.8. The van der Waals surface area contributed by atoms with Crippen molar-refractivity contribution in [3.63, 3.8) is 0 Å². The largest absolute Gasteiger partial charge is 0.472 e. The van der Waals surface area contributed by atoms with Gasteiger partial charge in [-0.3, -0.25) is 9.78 Å². The first kappa shape index (κ1) is 17.2. The molecule has 1 amide bonds. The summed E-state index contributed by atoms with van der Waals surface area (Å²) in [4.78, 5) is 18.9. The van der Waals surface area contributed by atoms with Crippen LogP contribution in [0.15, 0.2) is 47.4 Å². The monoisotopic (exact) mass is 356 g/mol. The summed E-state index contributed by atoms with van der Waals surface area (Å²) in [5, 5.41) is 0. The van der Waals surface area contributed by atoms with E-state index in [0.717, 1.165) is 25.0 Å². The number of hydrogen-bond donors (Lipinski definition) is 0.